The van der Waals surface area contributed by atoms with Gasteiger partial charge < -0.3 is 4.74 Å². The van der Waals surface area contributed by atoms with Gasteiger partial charge in [-0.05, 0) is 49.9 Å². The first-order chi connectivity index (χ1) is 10.9. The predicted molar refractivity (Wildman–Crippen MR) is 92.1 cm³/mol. The average Bonchev–Trinajstić information content (AvgIpc) is 2.62. The summed E-state index contributed by atoms with van der Waals surface area (Å²) in [5.74, 6) is 0. The van der Waals surface area contributed by atoms with Gasteiger partial charge >= 0.3 is 6.09 Å². The molecule has 1 atom stereocenters. The molecule has 0 bridgehead atoms. The van der Waals surface area contributed by atoms with Gasteiger partial charge in [-0.25, -0.2) is 4.79 Å². The Labute approximate surface area is 137 Å². The van der Waals surface area contributed by atoms with Crippen LogP contribution in [0.25, 0.3) is 11.1 Å². The molecule has 3 heteroatoms. The van der Waals surface area contributed by atoms with Gasteiger partial charge in [0.2, 0.25) is 0 Å². The SMILES string of the molecule is CC1c2ccccc2-c2ccccc2CN1C(=O)OC(C)(C)C. The van der Waals surface area contributed by atoms with Gasteiger partial charge in [0, 0.05) is 0 Å². The highest BCUT2D eigenvalue weighted by Gasteiger charge is 2.31. The predicted octanol–water partition coefficient (Wildman–Crippen LogP) is 5.17. The van der Waals surface area contributed by atoms with Crippen LogP contribution < -0.4 is 0 Å². The maximum absolute atomic E-state index is 12.7. The molecule has 0 aliphatic carbocycles. The number of benzene rings is 2. The molecule has 0 fully saturated rings. The van der Waals surface area contributed by atoms with Gasteiger partial charge in [-0.3, -0.25) is 4.90 Å². The number of fused-ring (bicyclic) bond motifs is 3. The smallest absolute Gasteiger partial charge is 0.411 e. The number of ether oxygens (including phenoxy) is 1. The molecule has 1 aliphatic rings. The molecule has 0 saturated heterocycles. The van der Waals surface area contributed by atoms with Crippen LogP contribution in [0.1, 0.15) is 44.9 Å². The first-order valence-corrected chi connectivity index (χ1v) is 8.03. The molecule has 0 radical (unpaired) electrons. The second-order valence-electron chi connectivity index (χ2n) is 7.03. The van der Waals surface area contributed by atoms with E-state index < -0.39 is 5.60 Å². The fourth-order valence-electron chi connectivity index (χ4n) is 3.06. The summed E-state index contributed by atoms with van der Waals surface area (Å²) in [6.45, 7) is 8.31. The van der Waals surface area contributed by atoms with E-state index in [-0.39, 0.29) is 12.1 Å². The Morgan fingerprint density at radius 1 is 1.04 bits per heavy atom. The van der Waals surface area contributed by atoms with Crippen LogP contribution in [0.3, 0.4) is 0 Å². The Morgan fingerprint density at radius 2 is 1.65 bits per heavy atom. The summed E-state index contributed by atoms with van der Waals surface area (Å²) in [4.78, 5) is 14.5. The molecule has 1 unspecified atom stereocenters. The number of hydrogen-bond donors (Lipinski definition) is 0. The summed E-state index contributed by atoms with van der Waals surface area (Å²) in [5.41, 5.74) is 4.20. The third-order valence-electron chi connectivity index (χ3n) is 4.15. The fourth-order valence-corrected chi connectivity index (χ4v) is 3.06. The number of carbonyl (C=O) groups is 1. The minimum absolute atomic E-state index is 0.0338. The van der Waals surface area contributed by atoms with Gasteiger partial charge in [0.15, 0.2) is 0 Å². The molecular weight excluding hydrogens is 286 g/mol. The Kier molecular flexibility index (Phi) is 3.88. The highest BCUT2D eigenvalue weighted by Crippen LogP contribution is 2.38. The molecule has 120 valence electrons. The minimum atomic E-state index is -0.498. The van der Waals surface area contributed by atoms with E-state index in [0.29, 0.717) is 6.54 Å². The summed E-state index contributed by atoms with van der Waals surface area (Å²) in [5, 5.41) is 0. The molecule has 1 aliphatic heterocycles. The van der Waals surface area contributed by atoms with E-state index in [1.54, 1.807) is 0 Å². The van der Waals surface area contributed by atoms with Gasteiger partial charge in [0.1, 0.15) is 5.60 Å². The Bertz CT molecular complexity index is 730. The van der Waals surface area contributed by atoms with Crippen molar-refractivity contribution in [3.63, 3.8) is 0 Å². The molecule has 3 rings (SSSR count). The summed E-state index contributed by atoms with van der Waals surface area (Å²) >= 11 is 0. The molecule has 3 nitrogen and oxygen atoms in total. The maximum Gasteiger partial charge on any atom is 0.411 e. The van der Waals surface area contributed by atoms with E-state index in [2.05, 4.69) is 31.2 Å². The van der Waals surface area contributed by atoms with Crippen LogP contribution in [0.5, 0.6) is 0 Å². The van der Waals surface area contributed by atoms with Crippen LogP contribution in [0.15, 0.2) is 48.5 Å². The lowest BCUT2D eigenvalue weighted by molar-refractivity contribution is 0.0156. The zero-order chi connectivity index (χ0) is 16.6. The van der Waals surface area contributed by atoms with Crippen LogP contribution >= 0.6 is 0 Å². The van der Waals surface area contributed by atoms with Gasteiger partial charge in [0.25, 0.3) is 0 Å². The average molecular weight is 309 g/mol. The van der Waals surface area contributed by atoms with Gasteiger partial charge in [-0.2, -0.15) is 0 Å². The molecule has 2 aromatic rings. The lowest BCUT2D eigenvalue weighted by Gasteiger charge is -2.31. The van der Waals surface area contributed by atoms with E-state index in [4.69, 9.17) is 4.74 Å². The third kappa shape index (κ3) is 3.09. The summed E-state index contributed by atoms with van der Waals surface area (Å²) in [6, 6.07) is 16.5. The summed E-state index contributed by atoms with van der Waals surface area (Å²) < 4.78 is 5.62. The van der Waals surface area contributed by atoms with Crippen LogP contribution in [0.2, 0.25) is 0 Å². The molecule has 0 spiro atoms. The van der Waals surface area contributed by atoms with E-state index in [0.717, 1.165) is 11.1 Å². The minimum Gasteiger partial charge on any atom is -0.444 e. The third-order valence-corrected chi connectivity index (χ3v) is 4.15. The van der Waals surface area contributed by atoms with E-state index in [1.165, 1.54) is 11.1 Å². The summed E-state index contributed by atoms with van der Waals surface area (Å²) in [7, 11) is 0. The lowest BCUT2D eigenvalue weighted by Crippen LogP contribution is -2.37. The van der Waals surface area contributed by atoms with Crippen LogP contribution in [0, 0.1) is 0 Å². The Hall–Kier alpha value is -2.29. The second kappa shape index (κ2) is 5.73. The van der Waals surface area contributed by atoms with E-state index >= 15 is 0 Å². The first kappa shape index (κ1) is 15.6. The summed E-state index contributed by atoms with van der Waals surface area (Å²) in [6.07, 6.45) is -0.267. The van der Waals surface area contributed by atoms with Crippen molar-refractivity contribution in [3.8, 4) is 11.1 Å². The quantitative estimate of drug-likeness (QED) is 0.672. The number of nitrogens with zero attached hydrogens (tertiary/aromatic N) is 1. The normalized spacial score (nSPS) is 17.0. The van der Waals surface area contributed by atoms with Crippen LogP contribution in [-0.2, 0) is 11.3 Å². The van der Waals surface area contributed by atoms with Crippen LogP contribution in [-0.4, -0.2) is 16.6 Å². The van der Waals surface area contributed by atoms with Crippen molar-refractivity contribution in [2.45, 2.75) is 45.9 Å². The van der Waals surface area contributed by atoms with Crippen molar-refractivity contribution >= 4 is 6.09 Å². The number of hydrogen-bond acceptors (Lipinski definition) is 2. The van der Waals surface area contributed by atoms with Crippen molar-refractivity contribution in [2.24, 2.45) is 0 Å². The largest absolute Gasteiger partial charge is 0.444 e. The monoisotopic (exact) mass is 309 g/mol. The first-order valence-electron chi connectivity index (χ1n) is 8.03. The molecule has 1 heterocycles. The molecular formula is C20H23NO2. The van der Waals surface area contributed by atoms with Gasteiger partial charge in [-0.1, -0.05) is 48.5 Å². The second-order valence-corrected chi connectivity index (χ2v) is 7.03. The highest BCUT2D eigenvalue weighted by atomic mass is 16.6. The van der Waals surface area contributed by atoms with Crippen molar-refractivity contribution < 1.29 is 9.53 Å². The van der Waals surface area contributed by atoms with Crippen molar-refractivity contribution in [2.75, 3.05) is 0 Å². The van der Waals surface area contributed by atoms with Gasteiger partial charge in [0.05, 0.1) is 12.6 Å². The van der Waals surface area contributed by atoms with Crippen LogP contribution in [0.4, 0.5) is 4.79 Å². The number of carbonyl (C=O) groups excluding carboxylic acids is 1. The Balaban J connectivity index is 2.08. The zero-order valence-corrected chi connectivity index (χ0v) is 14.2. The van der Waals surface area contributed by atoms with Crippen molar-refractivity contribution in [1.29, 1.82) is 0 Å². The fraction of sp³-hybridized carbons (Fsp3) is 0.350. The standard InChI is InChI=1S/C20H23NO2/c1-14-16-10-7-8-12-18(16)17-11-6-5-9-15(17)13-21(14)19(22)23-20(2,3)4/h5-12,14H,13H2,1-4H3. The lowest BCUT2D eigenvalue weighted by atomic mass is 9.94. The topological polar surface area (TPSA) is 29.5 Å². The van der Waals surface area contributed by atoms with Crippen molar-refractivity contribution in [3.05, 3.63) is 59.7 Å². The Morgan fingerprint density at radius 3 is 2.35 bits per heavy atom. The molecule has 0 aromatic heterocycles. The molecule has 1 amide bonds. The maximum atomic E-state index is 12.7. The highest BCUT2D eigenvalue weighted by molar-refractivity contribution is 5.76. The van der Waals surface area contributed by atoms with Crippen molar-refractivity contribution in [1.82, 2.24) is 4.90 Å². The molecule has 2 aromatic carbocycles. The van der Waals surface area contributed by atoms with E-state index in [1.807, 2.05) is 49.9 Å². The van der Waals surface area contributed by atoms with E-state index in [9.17, 15) is 4.79 Å². The number of amides is 1. The number of rotatable bonds is 0. The molecule has 0 N–H and O–H groups in total. The van der Waals surface area contributed by atoms with Gasteiger partial charge in [-0.15, -0.1) is 0 Å². The molecule has 0 saturated carbocycles. The zero-order valence-electron chi connectivity index (χ0n) is 14.2. The molecule has 23 heavy (non-hydrogen) atoms.